The van der Waals surface area contributed by atoms with E-state index in [-0.39, 0.29) is 18.0 Å². The van der Waals surface area contributed by atoms with Gasteiger partial charge in [0.2, 0.25) is 5.91 Å². The third-order valence-electron chi connectivity index (χ3n) is 4.28. The van der Waals surface area contributed by atoms with Gasteiger partial charge in [-0.05, 0) is 43.0 Å². The average molecular weight is 341 g/mol. The highest BCUT2D eigenvalue weighted by atomic mass is 16.2. The highest BCUT2D eigenvalue weighted by Crippen LogP contribution is 2.26. The molecule has 7 nitrogen and oxygen atoms in total. The first-order chi connectivity index (χ1) is 12.1. The van der Waals surface area contributed by atoms with E-state index in [1.807, 2.05) is 36.0 Å². The van der Waals surface area contributed by atoms with Crippen LogP contribution in [0.3, 0.4) is 0 Å². The van der Waals surface area contributed by atoms with E-state index < -0.39 is 0 Å². The van der Waals surface area contributed by atoms with Gasteiger partial charge in [0, 0.05) is 37.6 Å². The summed E-state index contributed by atoms with van der Waals surface area (Å²) in [7, 11) is 0. The Kier molecular flexibility index (Phi) is 5.33. The Morgan fingerprint density at radius 3 is 3.08 bits per heavy atom. The molecule has 3 N–H and O–H groups in total. The summed E-state index contributed by atoms with van der Waals surface area (Å²) in [6, 6.07) is 7.49. The first-order valence-electron chi connectivity index (χ1n) is 8.56. The summed E-state index contributed by atoms with van der Waals surface area (Å²) < 4.78 is 1.84. The predicted molar refractivity (Wildman–Crippen MR) is 95.2 cm³/mol. The molecule has 0 saturated heterocycles. The van der Waals surface area contributed by atoms with Gasteiger partial charge in [-0.25, -0.2) is 4.79 Å². The largest absolute Gasteiger partial charge is 0.338 e. The van der Waals surface area contributed by atoms with Crippen molar-refractivity contribution in [1.82, 2.24) is 20.4 Å². The Labute approximate surface area is 146 Å². The SMILES string of the molecule is C[C@@H](NC(=O)NCCCn1cccn1)c1ccc2c(c1)CCC(=O)N2. The lowest BCUT2D eigenvalue weighted by atomic mass is 9.98. The molecule has 1 aromatic heterocycles. The summed E-state index contributed by atoms with van der Waals surface area (Å²) in [6.45, 7) is 3.32. The number of fused-ring (bicyclic) bond motifs is 1. The number of carbonyl (C=O) groups is 2. The summed E-state index contributed by atoms with van der Waals surface area (Å²) in [6.07, 6.45) is 5.71. The van der Waals surface area contributed by atoms with Crippen LogP contribution in [0.2, 0.25) is 0 Å². The van der Waals surface area contributed by atoms with Gasteiger partial charge in [0.25, 0.3) is 0 Å². The van der Waals surface area contributed by atoms with Crippen LogP contribution in [-0.2, 0) is 17.8 Å². The Morgan fingerprint density at radius 1 is 1.40 bits per heavy atom. The van der Waals surface area contributed by atoms with Crippen LogP contribution in [0.5, 0.6) is 0 Å². The van der Waals surface area contributed by atoms with Crippen molar-refractivity contribution in [3.8, 4) is 0 Å². The molecule has 132 valence electrons. The fourth-order valence-electron chi connectivity index (χ4n) is 2.88. The lowest BCUT2D eigenvalue weighted by Crippen LogP contribution is -2.37. The highest BCUT2D eigenvalue weighted by Gasteiger charge is 2.17. The van der Waals surface area contributed by atoms with Crippen molar-refractivity contribution in [2.45, 2.75) is 38.8 Å². The number of amides is 3. The molecule has 0 aliphatic carbocycles. The number of hydrogen-bond donors (Lipinski definition) is 3. The second-order valence-electron chi connectivity index (χ2n) is 6.21. The average Bonchev–Trinajstić information content (AvgIpc) is 3.11. The lowest BCUT2D eigenvalue weighted by Gasteiger charge is -2.20. The van der Waals surface area contributed by atoms with Crippen molar-refractivity contribution in [1.29, 1.82) is 0 Å². The van der Waals surface area contributed by atoms with E-state index in [0.29, 0.717) is 13.0 Å². The van der Waals surface area contributed by atoms with Crippen molar-refractivity contribution in [2.75, 3.05) is 11.9 Å². The van der Waals surface area contributed by atoms with E-state index in [1.165, 1.54) is 0 Å². The Bertz CT molecular complexity index is 742. The van der Waals surface area contributed by atoms with Crippen LogP contribution in [0.25, 0.3) is 0 Å². The smallest absolute Gasteiger partial charge is 0.315 e. The maximum Gasteiger partial charge on any atom is 0.315 e. The van der Waals surface area contributed by atoms with Crippen LogP contribution in [-0.4, -0.2) is 28.3 Å². The van der Waals surface area contributed by atoms with Crippen molar-refractivity contribution < 1.29 is 9.59 Å². The maximum absolute atomic E-state index is 12.0. The van der Waals surface area contributed by atoms with Crippen LogP contribution >= 0.6 is 0 Å². The van der Waals surface area contributed by atoms with Crippen molar-refractivity contribution in [2.24, 2.45) is 0 Å². The highest BCUT2D eigenvalue weighted by molar-refractivity contribution is 5.93. The van der Waals surface area contributed by atoms with Gasteiger partial charge in [0.1, 0.15) is 0 Å². The summed E-state index contributed by atoms with van der Waals surface area (Å²) in [5.41, 5.74) is 3.02. The minimum absolute atomic E-state index is 0.0564. The first-order valence-corrected chi connectivity index (χ1v) is 8.56. The fourth-order valence-corrected chi connectivity index (χ4v) is 2.88. The van der Waals surface area contributed by atoms with Crippen LogP contribution in [0.4, 0.5) is 10.5 Å². The Morgan fingerprint density at radius 2 is 2.28 bits per heavy atom. The zero-order chi connectivity index (χ0) is 17.6. The standard InChI is InChI=1S/C18H23N5O2/c1-13(14-4-6-16-15(12-14)5-7-17(24)22-16)21-18(25)19-8-2-10-23-11-3-9-20-23/h3-4,6,9,11-13H,2,5,7-8,10H2,1H3,(H,22,24)(H2,19,21,25)/t13-/m1/s1. The molecule has 2 heterocycles. The molecular weight excluding hydrogens is 318 g/mol. The molecule has 3 amide bonds. The van der Waals surface area contributed by atoms with Crippen molar-refractivity contribution in [3.05, 3.63) is 47.8 Å². The number of nitrogens with zero attached hydrogens (tertiary/aromatic N) is 2. The third kappa shape index (κ3) is 4.59. The van der Waals surface area contributed by atoms with Crippen LogP contribution in [0.1, 0.15) is 36.9 Å². The predicted octanol–water partition coefficient (Wildman–Crippen LogP) is 2.22. The van der Waals surface area contributed by atoms with Gasteiger partial charge in [0.15, 0.2) is 0 Å². The van der Waals surface area contributed by atoms with Gasteiger partial charge in [-0.1, -0.05) is 12.1 Å². The number of benzene rings is 1. The van der Waals surface area contributed by atoms with Crippen LogP contribution < -0.4 is 16.0 Å². The molecule has 3 rings (SSSR count). The summed E-state index contributed by atoms with van der Waals surface area (Å²) in [5, 5.41) is 12.8. The Balaban J connectivity index is 1.45. The zero-order valence-electron chi connectivity index (χ0n) is 14.3. The summed E-state index contributed by atoms with van der Waals surface area (Å²) in [4.78, 5) is 23.4. The minimum Gasteiger partial charge on any atom is -0.338 e. The van der Waals surface area contributed by atoms with E-state index in [2.05, 4.69) is 27.1 Å². The normalized spacial score (nSPS) is 14.4. The van der Waals surface area contributed by atoms with Crippen molar-refractivity contribution >= 4 is 17.6 Å². The molecule has 0 saturated carbocycles. The number of anilines is 1. The van der Waals surface area contributed by atoms with Gasteiger partial charge in [-0.15, -0.1) is 0 Å². The van der Waals surface area contributed by atoms with E-state index in [4.69, 9.17) is 0 Å². The third-order valence-corrected chi connectivity index (χ3v) is 4.28. The number of carbonyl (C=O) groups excluding carboxylic acids is 2. The molecule has 0 radical (unpaired) electrons. The molecule has 0 spiro atoms. The van der Waals surface area contributed by atoms with Gasteiger partial charge in [-0.3, -0.25) is 9.48 Å². The fraction of sp³-hybridized carbons (Fsp3) is 0.389. The van der Waals surface area contributed by atoms with Gasteiger partial charge in [-0.2, -0.15) is 5.10 Å². The molecule has 1 atom stereocenters. The van der Waals surface area contributed by atoms with E-state index in [9.17, 15) is 9.59 Å². The van der Waals surface area contributed by atoms with Crippen LogP contribution in [0.15, 0.2) is 36.7 Å². The molecule has 25 heavy (non-hydrogen) atoms. The molecule has 0 fully saturated rings. The van der Waals surface area contributed by atoms with E-state index in [1.54, 1.807) is 6.20 Å². The maximum atomic E-state index is 12.0. The monoisotopic (exact) mass is 341 g/mol. The van der Waals surface area contributed by atoms with Gasteiger partial charge in [0.05, 0.1) is 6.04 Å². The number of nitrogens with one attached hydrogen (secondary N) is 3. The quantitative estimate of drug-likeness (QED) is 0.704. The molecule has 1 aliphatic rings. The number of rotatable bonds is 6. The van der Waals surface area contributed by atoms with E-state index in [0.717, 1.165) is 36.2 Å². The summed E-state index contributed by atoms with van der Waals surface area (Å²) >= 11 is 0. The molecule has 0 bridgehead atoms. The molecule has 7 heteroatoms. The minimum atomic E-state index is -0.181. The number of aromatic nitrogens is 2. The lowest BCUT2D eigenvalue weighted by molar-refractivity contribution is -0.116. The first kappa shape index (κ1) is 17.0. The molecule has 0 unspecified atom stereocenters. The second kappa shape index (κ2) is 7.83. The Hall–Kier alpha value is -2.83. The zero-order valence-corrected chi connectivity index (χ0v) is 14.3. The molecule has 1 aliphatic heterocycles. The molecule has 2 aromatic rings. The van der Waals surface area contributed by atoms with Gasteiger partial charge >= 0.3 is 6.03 Å². The molecule has 1 aromatic carbocycles. The molecular formula is C18H23N5O2. The number of aryl methyl sites for hydroxylation is 2. The second-order valence-corrected chi connectivity index (χ2v) is 6.21. The van der Waals surface area contributed by atoms with Crippen LogP contribution in [0, 0.1) is 0 Å². The topological polar surface area (TPSA) is 88.1 Å². The summed E-state index contributed by atoms with van der Waals surface area (Å²) in [5.74, 6) is 0.0564. The van der Waals surface area contributed by atoms with Crippen molar-refractivity contribution in [3.63, 3.8) is 0 Å². The number of urea groups is 1. The number of hydrogen-bond acceptors (Lipinski definition) is 3. The van der Waals surface area contributed by atoms with Gasteiger partial charge < -0.3 is 16.0 Å². The van der Waals surface area contributed by atoms with E-state index >= 15 is 0 Å².